The fourth-order valence-corrected chi connectivity index (χ4v) is 2.43. The zero-order valence-electron chi connectivity index (χ0n) is 11.1. The summed E-state index contributed by atoms with van der Waals surface area (Å²) in [5.74, 6) is -0.382. The Morgan fingerprint density at radius 2 is 1.86 bits per heavy atom. The summed E-state index contributed by atoms with van der Waals surface area (Å²) in [4.78, 5) is 0. The molecule has 3 rings (SSSR count). The van der Waals surface area contributed by atoms with Crippen LogP contribution in [0.1, 0.15) is 17.3 Å². The molecule has 5 heteroatoms. The first-order chi connectivity index (χ1) is 10.2. The van der Waals surface area contributed by atoms with Crippen LogP contribution in [0.15, 0.2) is 60.8 Å². The fourth-order valence-electron chi connectivity index (χ4n) is 2.25. The standard InChI is InChI=1S/C16H13ClFN3/c17-11-6-7-14(18)13(10-11)16(19)15-8-9-20-21(15)12-4-2-1-3-5-12/h1-10,16H,19H2. The molecule has 21 heavy (non-hydrogen) atoms. The van der Waals surface area contributed by atoms with Crippen molar-refractivity contribution in [3.8, 4) is 5.69 Å². The Morgan fingerprint density at radius 1 is 1.10 bits per heavy atom. The second kappa shape index (κ2) is 5.68. The summed E-state index contributed by atoms with van der Waals surface area (Å²) >= 11 is 5.93. The van der Waals surface area contributed by atoms with Gasteiger partial charge < -0.3 is 5.73 Å². The van der Waals surface area contributed by atoms with Crippen LogP contribution in [0.2, 0.25) is 5.02 Å². The molecule has 1 atom stereocenters. The molecule has 0 aliphatic carbocycles. The molecule has 0 saturated carbocycles. The van der Waals surface area contributed by atoms with E-state index >= 15 is 0 Å². The van der Waals surface area contributed by atoms with Gasteiger partial charge in [-0.3, -0.25) is 0 Å². The molecule has 0 aliphatic heterocycles. The quantitative estimate of drug-likeness (QED) is 0.801. The third-order valence-electron chi connectivity index (χ3n) is 3.28. The largest absolute Gasteiger partial charge is 0.319 e. The third kappa shape index (κ3) is 2.68. The van der Waals surface area contributed by atoms with Gasteiger partial charge in [-0.1, -0.05) is 29.8 Å². The van der Waals surface area contributed by atoms with E-state index in [2.05, 4.69) is 5.10 Å². The molecule has 3 nitrogen and oxygen atoms in total. The number of nitrogens with two attached hydrogens (primary N) is 1. The average molecular weight is 302 g/mol. The predicted molar refractivity (Wildman–Crippen MR) is 81.0 cm³/mol. The molecular weight excluding hydrogens is 289 g/mol. The van der Waals surface area contributed by atoms with Crippen molar-refractivity contribution in [3.05, 3.63) is 82.9 Å². The van der Waals surface area contributed by atoms with E-state index in [9.17, 15) is 4.39 Å². The minimum Gasteiger partial charge on any atom is -0.319 e. The van der Waals surface area contributed by atoms with Crippen molar-refractivity contribution in [2.45, 2.75) is 6.04 Å². The summed E-state index contributed by atoms with van der Waals surface area (Å²) in [6, 6.07) is 15.1. The zero-order valence-corrected chi connectivity index (χ0v) is 11.8. The molecule has 0 radical (unpaired) electrons. The average Bonchev–Trinajstić information content (AvgIpc) is 2.99. The van der Waals surface area contributed by atoms with Gasteiger partial charge >= 0.3 is 0 Å². The molecule has 106 valence electrons. The SMILES string of the molecule is NC(c1cc(Cl)ccc1F)c1ccnn1-c1ccccc1. The van der Waals surface area contributed by atoms with E-state index in [1.54, 1.807) is 23.0 Å². The van der Waals surface area contributed by atoms with E-state index in [0.717, 1.165) is 5.69 Å². The van der Waals surface area contributed by atoms with Crippen molar-refractivity contribution >= 4 is 11.6 Å². The lowest BCUT2D eigenvalue weighted by Gasteiger charge is -2.15. The van der Waals surface area contributed by atoms with Gasteiger partial charge in [-0.2, -0.15) is 5.10 Å². The number of benzene rings is 2. The van der Waals surface area contributed by atoms with Gasteiger partial charge in [0.05, 0.1) is 17.4 Å². The van der Waals surface area contributed by atoms with Crippen molar-refractivity contribution in [2.24, 2.45) is 5.73 Å². The smallest absolute Gasteiger partial charge is 0.128 e. The van der Waals surface area contributed by atoms with Crippen molar-refractivity contribution in [2.75, 3.05) is 0 Å². The molecule has 2 aromatic carbocycles. The minimum atomic E-state index is -0.647. The normalized spacial score (nSPS) is 12.3. The summed E-state index contributed by atoms with van der Waals surface area (Å²) in [6.45, 7) is 0. The van der Waals surface area contributed by atoms with Crippen molar-refractivity contribution in [1.82, 2.24) is 9.78 Å². The monoisotopic (exact) mass is 301 g/mol. The van der Waals surface area contributed by atoms with Gasteiger partial charge in [0.25, 0.3) is 0 Å². The first-order valence-corrected chi connectivity index (χ1v) is 6.84. The lowest BCUT2D eigenvalue weighted by atomic mass is 10.0. The minimum absolute atomic E-state index is 0.347. The van der Waals surface area contributed by atoms with E-state index < -0.39 is 6.04 Å². The highest BCUT2D eigenvalue weighted by Gasteiger charge is 2.18. The maximum absolute atomic E-state index is 14.0. The van der Waals surface area contributed by atoms with Gasteiger partial charge in [0.2, 0.25) is 0 Å². The van der Waals surface area contributed by atoms with E-state index in [1.807, 2.05) is 30.3 Å². The van der Waals surface area contributed by atoms with Gasteiger partial charge in [0, 0.05) is 16.8 Å². The number of halogens is 2. The van der Waals surface area contributed by atoms with Crippen LogP contribution in [0, 0.1) is 5.82 Å². The molecule has 0 amide bonds. The highest BCUT2D eigenvalue weighted by Crippen LogP contribution is 2.26. The molecule has 1 unspecified atom stereocenters. The Bertz CT molecular complexity index is 755. The summed E-state index contributed by atoms with van der Waals surface area (Å²) in [6.07, 6.45) is 1.64. The van der Waals surface area contributed by atoms with Crippen LogP contribution in [-0.2, 0) is 0 Å². The molecule has 1 aromatic heterocycles. The third-order valence-corrected chi connectivity index (χ3v) is 3.52. The van der Waals surface area contributed by atoms with Gasteiger partial charge in [0.15, 0.2) is 0 Å². The van der Waals surface area contributed by atoms with E-state index in [-0.39, 0.29) is 5.82 Å². The molecule has 0 saturated heterocycles. The Morgan fingerprint density at radius 3 is 2.62 bits per heavy atom. The topological polar surface area (TPSA) is 43.8 Å². The summed E-state index contributed by atoms with van der Waals surface area (Å²) in [7, 11) is 0. The molecule has 1 heterocycles. The van der Waals surface area contributed by atoms with Crippen LogP contribution in [0.5, 0.6) is 0 Å². The molecule has 3 aromatic rings. The van der Waals surface area contributed by atoms with Gasteiger partial charge in [-0.15, -0.1) is 0 Å². The summed E-state index contributed by atoms with van der Waals surface area (Å²) in [5.41, 5.74) is 8.12. The van der Waals surface area contributed by atoms with Crippen LogP contribution in [0.25, 0.3) is 5.69 Å². The van der Waals surface area contributed by atoms with Crippen LogP contribution in [-0.4, -0.2) is 9.78 Å². The number of nitrogens with zero attached hydrogens (tertiary/aromatic N) is 2. The molecular formula is C16H13ClFN3. The number of aromatic nitrogens is 2. The van der Waals surface area contributed by atoms with Gasteiger partial charge in [0.1, 0.15) is 5.82 Å². The van der Waals surface area contributed by atoms with Gasteiger partial charge in [-0.05, 0) is 36.4 Å². The van der Waals surface area contributed by atoms with Crippen LogP contribution in [0.4, 0.5) is 4.39 Å². The predicted octanol–water partition coefficient (Wildman–Crippen LogP) is 3.71. The Labute approximate surface area is 126 Å². The molecule has 0 bridgehead atoms. The van der Waals surface area contributed by atoms with Crippen molar-refractivity contribution < 1.29 is 4.39 Å². The van der Waals surface area contributed by atoms with Crippen molar-refractivity contribution in [1.29, 1.82) is 0 Å². The van der Waals surface area contributed by atoms with Crippen LogP contribution < -0.4 is 5.73 Å². The fraction of sp³-hybridized carbons (Fsp3) is 0.0625. The van der Waals surface area contributed by atoms with Crippen LogP contribution in [0.3, 0.4) is 0 Å². The second-order valence-electron chi connectivity index (χ2n) is 4.65. The second-order valence-corrected chi connectivity index (χ2v) is 5.08. The Kier molecular flexibility index (Phi) is 3.73. The van der Waals surface area contributed by atoms with Crippen LogP contribution >= 0.6 is 11.6 Å². The van der Waals surface area contributed by atoms with E-state index in [4.69, 9.17) is 17.3 Å². The first-order valence-electron chi connectivity index (χ1n) is 6.46. The Balaban J connectivity index is 2.06. The molecule has 0 fully saturated rings. The molecule has 0 aliphatic rings. The lowest BCUT2D eigenvalue weighted by Crippen LogP contribution is -2.18. The van der Waals surface area contributed by atoms with E-state index in [0.29, 0.717) is 16.3 Å². The lowest BCUT2D eigenvalue weighted by molar-refractivity contribution is 0.593. The van der Waals surface area contributed by atoms with Gasteiger partial charge in [-0.25, -0.2) is 9.07 Å². The first kappa shape index (κ1) is 13.8. The highest BCUT2D eigenvalue weighted by atomic mass is 35.5. The summed E-state index contributed by atoms with van der Waals surface area (Å²) < 4.78 is 15.7. The number of para-hydroxylation sites is 1. The maximum atomic E-state index is 14.0. The van der Waals surface area contributed by atoms with E-state index in [1.165, 1.54) is 12.1 Å². The molecule has 2 N–H and O–H groups in total. The maximum Gasteiger partial charge on any atom is 0.128 e. The molecule has 0 spiro atoms. The highest BCUT2D eigenvalue weighted by molar-refractivity contribution is 6.30. The number of rotatable bonds is 3. The van der Waals surface area contributed by atoms with Crippen molar-refractivity contribution in [3.63, 3.8) is 0 Å². The Hall–Kier alpha value is -2.17. The number of hydrogen-bond donors (Lipinski definition) is 1. The zero-order chi connectivity index (χ0) is 14.8. The summed E-state index contributed by atoms with van der Waals surface area (Å²) in [5, 5.41) is 4.72. The number of hydrogen-bond acceptors (Lipinski definition) is 2.